The summed E-state index contributed by atoms with van der Waals surface area (Å²) >= 11 is 6.41. The number of pyridine rings is 1. The topological polar surface area (TPSA) is 81.0 Å². The number of ether oxygens (including phenoxy) is 2. The average Bonchev–Trinajstić information content (AvgIpc) is 2.69. The predicted octanol–water partition coefficient (Wildman–Crippen LogP) is 3.92. The Morgan fingerprint density at radius 3 is 2.59 bits per heavy atom. The molecule has 0 amide bonds. The first-order valence-electron chi connectivity index (χ1n) is 10.1. The number of carboxylic acids is 1. The minimum Gasteiger partial charge on any atom is -0.492 e. The maximum Gasteiger partial charge on any atom is 0.341 e. The molecule has 0 bridgehead atoms. The number of fused-ring (bicyclic) bond motifs is 3. The van der Waals surface area contributed by atoms with Crippen LogP contribution in [0.4, 0.5) is 8.78 Å². The van der Waals surface area contributed by atoms with Crippen LogP contribution in [0.5, 0.6) is 5.75 Å². The van der Waals surface area contributed by atoms with Crippen LogP contribution in [0.3, 0.4) is 0 Å². The summed E-state index contributed by atoms with van der Waals surface area (Å²) in [5.41, 5.74) is -0.252. The third kappa shape index (κ3) is 3.95. The number of methoxy groups -OCH3 is 1. The van der Waals surface area contributed by atoms with E-state index in [1.165, 1.54) is 16.9 Å². The van der Waals surface area contributed by atoms with Gasteiger partial charge in [-0.3, -0.25) is 9.47 Å². The Labute approximate surface area is 188 Å². The highest BCUT2D eigenvalue weighted by molar-refractivity contribution is 6.32. The van der Waals surface area contributed by atoms with E-state index >= 15 is 0 Å². The zero-order chi connectivity index (χ0) is 23.3. The molecule has 2 aliphatic rings. The summed E-state index contributed by atoms with van der Waals surface area (Å²) in [7, 11) is 1.60. The van der Waals surface area contributed by atoms with Crippen molar-refractivity contribution in [3.8, 4) is 17.0 Å². The minimum atomic E-state index is -2.79. The third-order valence-electron chi connectivity index (χ3n) is 5.93. The molecule has 1 N–H and O–H groups in total. The molecule has 172 valence electrons. The maximum atomic E-state index is 13.8. The number of nitrogens with zero attached hydrogens (tertiary/aromatic N) is 2. The Morgan fingerprint density at radius 2 is 1.97 bits per heavy atom. The fourth-order valence-electron chi connectivity index (χ4n) is 4.48. The number of rotatable bonds is 7. The molecule has 1 aliphatic carbocycles. The molecule has 4 rings (SSSR count). The molecule has 2 heterocycles. The van der Waals surface area contributed by atoms with Crippen molar-refractivity contribution in [1.29, 1.82) is 0 Å². The van der Waals surface area contributed by atoms with Gasteiger partial charge in [0.05, 0.1) is 29.4 Å². The van der Waals surface area contributed by atoms with Gasteiger partial charge in [-0.05, 0) is 24.6 Å². The van der Waals surface area contributed by atoms with E-state index in [-0.39, 0.29) is 19.4 Å². The summed E-state index contributed by atoms with van der Waals surface area (Å²) in [5.74, 6) is -3.72. The highest BCUT2D eigenvalue weighted by atomic mass is 35.5. The van der Waals surface area contributed by atoms with E-state index in [0.717, 1.165) is 5.56 Å². The smallest absolute Gasteiger partial charge is 0.341 e. The first-order valence-corrected chi connectivity index (χ1v) is 10.5. The minimum absolute atomic E-state index is 0.225. The van der Waals surface area contributed by atoms with Crippen molar-refractivity contribution in [3.05, 3.63) is 50.8 Å². The Bertz CT molecular complexity index is 1130. The molecule has 0 radical (unpaired) electrons. The molecule has 1 aromatic heterocycles. The van der Waals surface area contributed by atoms with E-state index in [9.17, 15) is 23.5 Å². The summed E-state index contributed by atoms with van der Waals surface area (Å²) in [4.78, 5) is 24.0. The van der Waals surface area contributed by atoms with Crippen LogP contribution in [0.2, 0.25) is 5.02 Å². The second-order valence-electron chi connectivity index (χ2n) is 8.49. The van der Waals surface area contributed by atoms with Gasteiger partial charge in [0.1, 0.15) is 11.3 Å². The zero-order valence-electron chi connectivity index (χ0n) is 17.7. The zero-order valence-corrected chi connectivity index (χ0v) is 18.4. The number of carbonyl (C=O) groups is 1. The van der Waals surface area contributed by atoms with Crippen molar-refractivity contribution in [1.82, 2.24) is 4.68 Å². The van der Waals surface area contributed by atoms with Crippen molar-refractivity contribution in [3.63, 3.8) is 0 Å². The van der Waals surface area contributed by atoms with Gasteiger partial charge in [-0.15, -0.1) is 0 Å². The molecular formula is C22H23ClF2N2O5. The van der Waals surface area contributed by atoms with Crippen LogP contribution in [-0.2, 0) is 11.3 Å². The third-order valence-corrected chi connectivity index (χ3v) is 6.22. The summed E-state index contributed by atoms with van der Waals surface area (Å²) in [6.07, 6.45) is 1.11. The number of halogens is 3. The van der Waals surface area contributed by atoms with Crippen molar-refractivity contribution in [2.24, 2.45) is 0 Å². The summed E-state index contributed by atoms with van der Waals surface area (Å²) in [6, 6.07) is 4.62. The number of alkyl halides is 2. The van der Waals surface area contributed by atoms with Crippen LogP contribution >= 0.6 is 11.6 Å². The Balaban J connectivity index is 1.80. The van der Waals surface area contributed by atoms with Gasteiger partial charge in [0.2, 0.25) is 0 Å². The van der Waals surface area contributed by atoms with Gasteiger partial charge in [-0.2, -0.15) is 0 Å². The van der Waals surface area contributed by atoms with Gasteiger partial charge in [0.15, 0.2) is 5.43 Å². The number of hydrogen-bond donors (Lipinski definition) is 1. The van der Waals surface area contributed by atoms with E-state index in [0.29, 0.717) is 41.7 Å². The van der Waals surface area contributed by atoms with Gasteiger partial charge < -0.3 is 19.6 Å². The normalized spacial score (nSPS) is 17.8. The van der Waals surface area contributed by atoms with Crippen molar-refractivity contribution >= 4 is 17.6 Å². The lowest BCUT2D eigenvalue weighted by Gasteiger charge is -2.54. The van der Waals surface area contributed by atoms with Crippen LogP contribution in [-0.4, -0.2) is 47.5 Å². The number of hydrogen-bond acceptors (Lipinski definition) is 5. The standard InChI is InChI=1S/C22H23ClF2N2O5/c1-21(11-22(24,25)12-21)27-9-13-6-19(32-5-3-4-31-2)16(23)7-14(13)17-8-18(28)15(20(29)30)10-26(17)27/h6-8,10H,3-5,9,11-12H2,1-2H3,(H,29,30). The molecule has 0 saturated heterocycles. The Kier molecular flexibility index (Phi) is 5.67. The molecule has 10 heteroatoms. The van der Waals surface area contributed by atoms with Crippen LogP contribution < -0.4 is 15.2 Å². The second kappa shape index (κ2) is 8.04. The molecule has 1 fully saturated rings. The number of carboxylic acid groups (broad SMARTS) is 1. The lowest BCUT2D eigenvalue weighted by atomic mass is 9.74. The Hall–Kier alpha value is -2.65. The molecule has 2 aromatic rings. The SMILES string of the molecule is COCCCOc1cc2c(cc1Cl)-c1cc(=O)c(C(=O)O)cn1N(C1(C)CC(F)(F)C1)C2. The highest BCUT2D eigenvalue weighted by Crippen LogP contribution is 2.50. The van der Waals surface area contributed by atoms with Crippen molar-refractivity contribution < 1.29 is 28.2 Å². The van der Waals surface area contributed by atoms with Crippen molar-refractivity contribution in [2.45, 2.75) is 44.2 Å². The van der Waals surface area contributed by atoms with Crippen LogP contribution in [0.15, 0.2) is 29.2 Å². The Morgan fingerprint density at radius 1 is 1.25 bits per heavy atom. The highest BCUT2D eigenvalue weighted by Gasteiger charge is 2.57. The number of aromatic nitrogens is 1. The number of aromatic carboxylic acids is 1. The molecular weight excluding hydrogens is 446 g/mol. The molecule has 0 spiro atoms. The van der Waals surface area contributed by atoms with Crippen LogP contribution in [0, 0.1) is 0 Å². The lowest BCUT2D eigenvalue weighted by Crippen LogP contribution is -2.64. The first-order chi connectivity index (χ1) is 15.0. The lowest BCUT2D eigenvalue weighted by molar-refractivity contribution is -0.125. The van der Waals surface area contributed by atoms with Crippen LogP contribution in [0.1, 0.15) is 42.1 Å². The summed E-state index contributed by atoms with van der Waals surface area (Å²) in [5, 5.41) is 11.4. The van der Waals surface area contributed by atoms with Gasteiger partial charge in [-0.1, -0.05) is 11.6 Å². The summed E-state index contributed by atoms with van der Waals surface area (Å²) < 4.78 is 39.9. The first kappa shape index (κ1) is 22.5. The second-order valence-corrected chi connectivity index (χ2v) is 8.89. The molecule has 7 nitrogen and oxygen atoms in total. The molecule has 1 aliphatic heterocycles. The molecule has 1 aromatic carbocycles. The fourth-order valence-corrected chi connectivity index (χ4v) is 4.70. The quantitative estimate of drug-likeness (QED) is 0.620. The van der Waals surface area contributed by atoms with Gasteiger partial charge in [0.25, 0.3) is 5.92 Å². The molecule has 1 saturated carbocycles. The fraction of sp³-hybridized carbons (Fsp3) is 0.455. The summed E-state index contributed by atoms with van der Waals surface area (Å²) in [6.45, 7) is 2.85. The molecule has 0 atom stereocenters. The molecule has 0 unspecified atom stereocenters. The van der Waals surface area contributed by atoms with Gasteiger partial charge in [-0.25, -0.2) is 13.6 Å². The average molecular weight is 469 g/mol. The van der Waals surface area contributed by atoms with E-state index in [1.807, 2.05) is 0 Å². The van der Waals surface area contributed by atoms with Gasteiger partial charge in [0, 0.05) is 50.8 Å². The van der Waals surface area contributed by atoms with E-state index in [4.69, 9.17) is 21.1 Å². The maximum absolute atomic E-state index is 13.8. The molecule has 32 heavy (non-hydrogen) atoms. The van der Waals surface area contributed by atoms with E-state index in [2.05, 4.69) is 0 Å². The van der Waals surface area contributed by atoms with Gasteiger partial charge >= 0.3 is 5.97 Å². The predicted molar refractivity (Wildman–Crippen MR) is 115 cm³/mol. The monoisotopic (exact) mass is 468 g/mol. The van der Waals surface area contributed by atoms with Crippen molar-refractivity contribution in [2.75, 3.05) is 25.3 Å². The largest absolute Gasteiger partial charge is 0.492 e. The number of benzene rings is 1. The van der Waals surface area contributed by atoms with E-state index < -0.39 is 28.4 Å². The van der Waals surface area contributed by atoms with Crippen LogP contribution in [0.25, 0.3) is 11.3 Å². The van der Waals surface area contributed by atoms with E-state index in [1.54, 1.807) is 31.2 Å².